The van der Waals surface area contributed by atoms with Crippen LogP contribution in [0.2, 0.25) is 0 Å². The predicted molar refractivity (Wildman–Crippen MR) is 47.7 cm³/mol. The molecule has 0 N–H and O–H groups in total. The topological polar surface area (TPSA) is 26.3 Å². The summed E-state index contributed by atoms with van der Waals surface area (Å²) in [5.74, 6) is -0.519. The fraction of sp³-hybridized carbons (Fsp3) is 0.900. The molecule has 2 heteroatoms. The van der Waals surface area contributed by atoms with Crippen LogP contribution >= 0.6 is 0 Å². The fourth-order valence-electron chi connectivity index (χ4n) is 1.47. The van der Waals surface area contributed by atoms with Crippen molar-refractivity contribution in [3.8, 4) is 0 Å². The molecule has 0 radical (unpaired) electrons. The number of esters is 1. The molecule has 2 atom stereocenters. The van der Waals surface area contributed by atoms with Gasteiger partial charge in [0.15, 0.2) is 0 Å². The lowest BCUT2D eigenvalue weighted by molar-refractivity contribution is -0.141. The van der Waals surface area contributed by atoms with E-state index in [9.17, 15) is 4.79 Å². The van der Waals surface area contributed by atoms with Crippen LogP contribution in [0.15, 0.2) is 0 Å². The lowest BCUT2D eigenvalue weighted by atomic mass is 9.88. The molecule has 0 heterocycles. The van der Waals surface area contributed by atoms with E-state index in [0.717, 1.165) is 0 Å². The summed E-state index contributed by atoms with van der Waals surface area (Å²) in [5.41, 5.74) is -0.0812. The molecule has 0 saturated heterocycles. The van der Waals surface area contributed by atoms with Gasteiger partial charge in [-0.15, -0.1) is 0 Å². The molecule has 0 amide bonds. The minimum atomic E-state index is -1.20. The maximum atomic E-state index is 11.0. The van der Waals surface area contributed by atoms with Crippen molar-refractivity contribution in [2.45, 2.75) is 33.6 Å². The predicted octanol–water partition coefficient (Wildman–Crippen LogP) is 2.23. The van der Waals surface area contributed by atoms with E-state index >= 15 is 0 Å². The summed E-state index contributed by atoms with van der Waals surface area (Å²) < 4.78 is 20.0. The zero-order valence-electron chi connectivity index (χ0n) is 10.2. The number of hydrogen-bond donors (Lipinski definition) is 0. The van der Waals surface area contributed by atoms with Crippen molar-refractivity contribution in [3.63, 3.8) is 0 Å². The van der Waals surface area contributed by atoms with Gasteiger partial charge in [0, 0.05) is 9.16 Å². The third-order valence-corrected chi connectivity index (χ3v) is 2.23. The number of carbonyl (C=O) groups is 1. The van der Waals surface area contributed by atoms with Gasteiger partial charge in [-0.2, -0.15) is 0 Å². The van der Waals surface area contributed by atoms with Gasteiger partial charge in [0.1, 0.15) is 0 Å². The summed E-state index contributed by atoms with van der Waals surface area (Å²) >= 11 is 0. The first-order valence-corrected chi connectivity index (χ1v) is 4.28. The molecule has 0 spiro atoms. The van der Waals surface area contributed by atoms with Crippen LogP contribution in [0.1, 0.15) is 36.3 Å². The minimum Gasteiger partial charge on any atom is -0.469 e. The Bertz CT molecular complexity index is 243. The maximum Gasteiger partial charge on any atom is 0.305 e. The van der Waals surface area contributed by atoms with Gasteiger partial charge in [0.05, 0.1) is 7.11 Å². The molecule has 0 bridgehead atoms. The lowest BCUT2D eigenvalue weighted by Gasteiger charge is -2.17. The van der Waals surface area contributed by atoms with Gasteiger partial charge in [0.2, 0.25) is 0 Å². The molecule has 1 aliphatic rings. The third-order valence-electron chi connectivity index (χ3n) is 2.23. The number of methoxy groups -OCH3 is 1. The summed E-state index contributed by atoms with van der Waals surface area (Å²) in [7, 11) is 1.34. The van der Waals surface area contributed by atoms with Crippen LogP contribution in [0.5, 0.6) is 0 Å². The fourth-order valence-corrected chi connectivity index (χ4v) is 1.47. The second kappa shape index (κ2) is 3.08. The molecule has 0 aromatic rings. The SMILES string of the molecule is [2H]C1([2H])C(CC(=O)OC)C1C(C)(C)C. The van der Waals surface area contributed by atoms with Gasteiger partial charge in [-0.25, -0.2) is 0 Å². The molecule has 1 fully saturated rings. The standard InChI is InChI=1S/C10H18O2/c1-10(2,3)8-5-7(8)6-9(11)12-4/h7-8H,5-6H2,1-4H3/i5D2. The van der Waals surface area contributed by atoms with E-state index in [1.54, 1.807) is 0 Å². The van der Waals surface area contributed by atoms with Gasteiger partial charge >= 0.3 is 5.97 Å². The Labute approximate surface area is 77.1 Å². The first kappa shape index (κ1) is 6.93. The molecule has 0 aromatic carbocycles. The Kier molecular flexibility index (Phi) is 1.78. The highest BCUT2D eigenvalue weighted by Crippen LogP contribution is 2.52. The van der Waals surface area contributed by atoms with Crippen LogP contribution in [0.25, 0.3) is 0 Å². The van der Waals surface area contributed by atoms with Crippen molar-refractivity contribution in [1.29, 1.82) is 0 Å². The van der Waals surface area contributed by atoms with Crippen molar-refractivity contribution in [3.05, 3.63) is 0 Å². The first-order valence-electron chi connectivity index (χ1n) is 5.28. The summed E-state index contributed by atoms with van der Waals surface area (Å²) in [4.78, 5) is 11.0. The molecule has 0 aromatic heterocycles. The van der Waals surface area contributed by atoms with E-state index in [4.69, 9.17) is 2.74 Å². The summed E-state index contributed by atoms with van der Waals surface area (Å²) in [6.45, 7) is 6.02. The third kappa shape index (κ3) is 2.23. The Balaban J connectivity index is 2.62. The van der Waals surface area contributed by atoms with E-state index in [-0.39, 0.29) is 29.6 Å². The molecular weight excluding hydrogens is 152 g/mol. The van der Waals surface area contributed by atoms with Crippen LogP contribution in [0.3, 0.4) is 0 Å². The number of rotatable bonds is 2. The monoisotopic (exact) mass is 172 g/mol. The highest BCUT2D eigenvalue weighted by Gasteiger charge is 2.45. The van der Waals surface area contributed by atoms with Crippen molar-refractivity contribution < 1.29 is 12.3 Å². The average Bonchev–Trinajstić information content (AvgIpc) is 2.52. The first-order chi connectivity index (χ1) is 6.21. The zero-order chi connectivity index (χ0) is 11.1. The van der Waals surface area contributed by atoms with E-state index in [1.807, 2.05) is 20.8 Å². The van der Waals surface area contributed by atoms with Gasteiger partial charge in [-0.3, -0.25) is 4.79 Å². The smallest absolute Gasteiger partial charge is 0.305 e. The van der Waals surface area contributed by atoms with E-state index in [0.29, 0.717) is 0 Å². The molecule has 1 rings (SSSR count). The van der Waals surface area contributed by atoms with Crippen LogP contribution in [0, 0.1) is 17.3 Å². The average molecular weight is 172 g/mol. The van der Waals surface area contributed by atoms with Crippen LogP contribution in [0.4, 0.5) is 0 Å². The van der Waals surface area contributed by atoms with E-state index < -0.39 is 6.37 Å². The lowest BCUT2D eigenvalue weighted by Crippen LogP contribution is -2.11. The summed E-state index contributed by atoms with van der Waals surface area (Å²) in [5, 5.41) is 0. The Morgan fingerprint density at radius 3 is 2.58 bits per heavy atom. The zero-order valence-corrected chi connectivity index (χ0v) is 8.18. The molecule has 1 saturated carbocycles. The van der Waals surface area contributed by atoms with Crippen LogP contribution in [-0.2, 0) is 9.53 Å². The molecule has 2 nitrogen and oxygen atoms in total. The summed E-state index contributed by atoms with van der Waals surface area (Å²) in [6, 6.07) is 0. The molecule has 2 unspecified atom stereocenters. The molecule has 1 aliphatic carbocycles. The van der Waals surface area contributed by atoms with Gasteiger partial charge in [-0.1, -0.05) is 20.8 Å². The molecule has 70 valence electrons. The van der Waals surface area contributed by atoms with Crippen molar-refractivity contribution in [2.24, 2.45) is 17.3 Å². The highest BCUT2D eigenvalue weighted by atomic mass is 16.5. The number of ether oxygens (including phenoxy) is 1. The van der Waals surface area contributed by atoms with Crippen molar-refractivity contribution in [2.75, 3.05) is 7.11 Å². The number of carbonyl (C=O) groups excluding carboxylic acids is 1. The second-order valence-corrected chi connectivity index (χ2v) is 4.40. The van der Waals surface area contributed by atoms with Crippen LogP contribution in [-0.4, -0.2) is 13.1 Å². The quantitative estimate of drug-likeness (QED) is 0.597. The van der Waals surface area contributed by atoms with Gasteiger partial charge in [0.25, 0.3) is 0 Å². The van der Waals surface area contributed by atoms with Crippen molar-refractivity contribution in [1.82, 2.24) is 0 Å². The normalized spacial score (nSPS) is 35.0. The van der Waals surface area contributed by atoms with Crippen molar-refractivity contribution >= 4 is 5.97 Å². The Morgan fingerprint density at radius 1 is 1.67 bits per heavy atom. The minimum absolute atomic E-state index is 0.0332. The van der Waals surface area contributed by atoms with Gasteiger partial charge in [-0.05, 0) is 23.6 Å². The second-order valence-electron chi connectivity index (χ2n) is 4.40. The molecule has 0 aliphatic heterocycles. The molecule has 12 heavy (non-hydrogen) atoms. The maximum absolute atomic E-state index is 11.0. The Morgan fingerprint density at radius 2 is 2.25 bits per heavy atom. The van der Waals surface area contributed by atoms with E-state index in [2.05, 4.69) is 4.74 Å². The Hall–Kier alpha value is -0.530. The summed E-state index contributed by atoms with van der Waals surface area (Å²) in [6.07, 6.45) is -1.00. The largest absolute Gasteiger partial charge is 0.469 e. The highest BCUT2D eigenvalue weighted by molar-refractivity contribution is 5.69. The molecular formula is C10H18O2. The van der Waals surface area contributed by atoms with Crippen LogP contribution < -0.4 is 0 Å². The van der Waals surface area contributed by atoms with Gasteiger partial charge < -0.3 is 4.74 Å². The van der Waals surface area contributed by atoms with E-state index in [1.165, 1.54) is 7.11 Å². The number of hydrogen-bond acceptors (Lipinski definition) is 2.